The molecule has 1 unspecified atom stereocenters. The predicted octanol–water partition coefficient (Wildman–Crippen LogP) is 5.09. The highest BCUT2D eigenvalue weighted by atomic mass is 16.6. The first-order chi connectivity index (χ1) is 40.0. The lowest BCUT2D eigenvalue weighted by Crippen LogP contribution is -2.60. The van der Waals surface area contributed by atoms with Gasteiger partial charge in [0.15, 0.2) is 0 Å². The number of nitrogens with zero attached hydrogens (tertiary/aromatic N) is 3. The smallest absolute Gasteiger partial charge is 0.410 e. The maximum atomic E-state index is 14.8. The van der Waals surface area contributed by atoms with Crippen LogP contribution in [-0.2, 0) is 60.6 Å². The second-order valence-electron chi connectivity index (χ2n) is 25.5. The van der Waals surface area contributed by atoms with Crippen LogP contribution in [0.2, 0.25) is 0 Å². The van der Waals surface area contributed by atoms with Gasteiger partial charge in [-0.1, -0.05) is 87.7 Å². The molecule has 2 aromatic rings. The predicted molar refractivity (Wildman–Crippen MR) is 318 cm³/mol. The molecule has 4 aliphatic rings. The lowest BCUT2D eigenvalue weighted by Gasteiger charge is -2.37. The number of fused-ring (bicyclic) bond motifs is 2. The fraction of sp³-hybridized carbons (Fsp3) is 0.594. The number of hydrogen-bond donors (Lipinski definition) is 6. The van der Waals surface area contributed by atoms with E-state index in [0.717, 1.165) is 54.4 Å². The van der Waals surface area contributed by atoms with Crippen molar-refractivity contribution in [3.05, 3.63) is 82.9 Å². The van der Waals surface area contributed by atoms with Gasteiger partial charge in [-0.05, 0) is 139 Å². The molecule has 6 N–H and O–H groups in total. The van der Waals surface area contributed by atoms with E-state index in [4.69, 9.17) is 18.9 Å². The van der Waals surface area contributed by atoms with E-state index in [9.17, 15) is 43.5 Å². The number of nitrogens with one attached hydrogen (secondary N) is 5. The Morgan fingerprint density at radius 2 is 1.15 bits per heavy atom. The highest BCUT2D eigenvalue weighted by molar-refractivity contribution is 5.97. The number of hydrogen-bond acceptors (Lipinski definition) is 13. The van der Waals surface area contributed by atoms with Crippen LogP contribution in [0.3, 0.4) is 0 Å². The summed E-state index contributed by atoms with van der Waals surface area (Å²) in [4.78, 5) is 115. The summed E-state index contributed by atoms with van der Waals surface area (Å²) >= 11 is 0. The van der Waals surface area contributed by atoms with Crippen molar-refractivity contribution in [2.24, 2.45) is 5.41 Å². The van der Waals surface area contributed by atoms with Crippen molar-refractivity contribution in [3.63, 3.8) is 0 Å². The Morgan fingerprint density at radius 1 is 0.682 bits per heavy atom. The second kappa shape index (κ2) is 29.1. The molecule has 2 saturated heterocycles. The van der Waals surface area contributed by atoms with E-state index in [0.29, 0.717) is 6.42 Å². The molecule has 21 heteroatoms. The summed E-state index contributed by atoms with van der Waals surface area (Å²) in [6.45, 7) is 21.5. The van der Waals surface area contributed by atoms with Gasteiger partial charge in [-0.2, -0.15) is 0 Å². The van der Waals surface area contributed by atoms with Gasteiger partial charge in [0, 0.05) is 33.0 Å². The van der Waals surface area contributed by atoms with Crippen LogP contribution in [0.5, 0.6) is 0 Å². The number of likely N-dealkylation sites (N-methyl/N-ethyl adjacent to an activating group) is 1. The van der Waals surface area contributed by atoms with Gasteiger partial charge in [0.25, 0.3) is 0 Å². The number of carbonyl (C=O) groups is 8. The van der Waals surface area contributed by atoms with Gasteiger partial charge in [-0.25, -0.2) is 9.59 Å². The first-order valence-electron chi connectivity index (χ1n) is 29.3. The van der Waals surface area contributed by atoms with E-state index in [1.807, 2.05) is 63.2 Å². The Morgan fingerprint density at radius 3 is 1.60 bits per heavy atom. The molecule has 10 atom stereocenters. The zero-order valence-corrected chi connectivity index (χ0v) is 51.5. The molecule has 85 heavy (non-hydrogen) atoms. The minimum atomic E-state index is -1.47. The van der Waals surface area contributed by atoms with Crippen LogP contribution in [0.1, 0.15) is 149 Å². The highest BCUT2D eigenvalue weighted by Gasteiger charge is 2.47. The van der Waals surface area contributed by atoms with Crippen LogP contribution < -0.4 is 26.6 Å². The topological polar surface area (TPSA) is 264 Å². The molecule has 0 spiro atoms. The third-order valence-electron chi connectivity index (χ3n) is 15.3. The third-order valence-corrected chi connectivity index (χ3v) is 15.3. The summed E-state index contributed by atoms with van der Waals surface area (Å²) < 4.78 is 23.1. The largest absolute Gasteiger partial charge is 0.444 e. The van der Waals surface area contributed by atoms with Crippen LogP contribution in [0.25, 0.3) is 0 Å². The van der Waals surface area contributed by atoms with E-state index in [-0.39, 0.29) is 62.7 Å². The lowest BCUT2D eigenvalue weighted by atomic mass is 9.85. The van der Waals surface area contributed by atoms with Crippen LogP contribution in [-0.4, -0.2) is 167 Å². The van der Waals surface area contributed by atoms with E-state index >= 15 is 0 Å². The molecule has 0 bridgehead atoms. The average molecular weight is 1180 g/mol. The van der Waals surface area contributed by atoms with Crippen LogP contribution in [0, 0.1) is 29.1 Å². The summed E-state index contributed by atoms with van der Waals surface area (Å²) in [6.07, 6.45) is 2.26. The Kier molecular flexibility index (Phi) is 22.8. The maximum absolute atomic E-state index is 14.8. The lowest BCUT2D eigenvalue weighted by molar-refractivity contribution is -0.144. The van der Waals surface area contributed by atoms with Gasteiger partial charge >= 0.3 is 12.2 Å². The number of amides is 8. The van der Waals surface area contributed by atoms with Crippen molar-refractivity contribution in [3.8, 4) is 23.7 Å². The first-order valence-corrected chi connectivity index (χ1v) is 29.3. The van der Waals surface area contributed by atoms with Gasteiger partial charge in [-0.3, -0.25) is 33.7 Å². The van der Waals surface area contributed by atoms with E-state index < -0.39 is 113 Å². The maximum Gasteiger partial charge on any atom is 0.410 e. The molecule has 2 heterocycles. The Bertz CT molecular complexity index is 2920. The number of carbonyl (C=O) groups excluding carboxylic acids is 8. The summed E-state index contributed by atoms with van der Waals surface area (Å²) in [5.41, 5.74) is 2.05. The van der Waals surface area contributed by atoms with Gasteiger partial charge in [0.2, 0.25) is 35.4 Å². The van der Waals surface area contributed by atoms with Gasteiger partial charge in [-0.15, -0.1) is 0 Å². The number of alkyl carbamates (subject to hydrolysis) is 1. The zero-order chi connectivity index (χ0) is 62.6. The van der Waals surface area contributed by atoms with E-state index in [1.165, 1.54) is 21.7 Å². The summed E-state index contributed by atoms with van der Waals surface area (Å²) in [5.74, 6) is 7.94. The number of benzene rings is 2. The molecule has 21 nitrogen and oxygen atoms in total. The molecule has 0 aromatic heterocycles. The third kappa shape index (κ3) is 18.5. The molecule has 2 aliphatic heterocycles. The molecular formula is C64H88N8O13. The van der Waals surface area contributed by atoms with Crippen molar-refractivity contribution in [1.29, 1.82) is 0 Å². The summed E-state index contributed by atoms with van der Waals surface area (Å²) in [5, 5.41) is 24.3. The quantitative estimate of drug-likeness (QED) is 0.0841. The minimum Gasteiger partial charge on any atom is -0.444 e. The molecule has 8 amide bonds. The highest BCUT2D eigenvalue weighted by Crippen LogP contribution is 2.34. The van der Waals surface area contributed by atoms with E-state index in [2.05, 4.69) is 62.9 Å². The van der Waals surface area contributed by atoms with Crippen molar-refractivity contribution < 1.29 is 62.4 Å². The van der Waals surface area contributed by atoms with Crippen molar-refractivity contribution in [1.82, 2.24) is 41.3 Å². The van der Waals surface area contributed by atoms with Crippen molar-refractivity contribution >= 4 is 47.6 Å². The Labute approximate surface area is 500 Å². The molecule has 462 valence electrons. The molecule has 0 saturated carbocycles. The van der Waals surface area contributed by atoms with Crippen molar-refractivity contribution in [2.45, 2.75) is 199 Å². The van der Waals surface area contributed by atoms with Crippen LogP contribution in [0.15, 0.2) is 60.7 Å². The zero-order valence-electron chi connectivity index (χ0n) is 51.5. The van der Waals surface area contributed by atoms with Gasteiger partial charge < -0.3 is 60.4 Å². The average Bonchev–Trinajstić information content (AvgIpc) is 2.78. The van der Waals surface area contributed by atoms with Gasteiger partial charge in [0.1, 0.15) is 60.7 Å². The first kappa shape index (κ1) is 66.7. The SMILES string of the molecule is C=C(C)[C@H](NC(=O)[C@H](CO)NC(=O)OC(C)(C)C)C(=O)N1C[C@@H](OCC#CC#CCO[C@H]2C[C@@H](C(=O)N[C@@H]3CCCc4ccccc43)N(C(=O)[C@@H](NC(=O)[C@H](C)N(C)C(=O)OC(C)(C)C)C(C)(C)C)C2)C[C@H]1C(=O)NC1CCCc2ccccc21. The number of aryl methyl sites for hydroxylation is 2. The Balaban J connectivity index is 1.13. The fourth-order valence-corrected chi connectivity index (χ4v) is 10.8. The van der Waals surface area contributed by atoms with Crippen LogP contribution >= 0.6 is 0 Å². The second-order valence-corrected chi connectivity index (χ2v) is 25.5. The standard InChI is InChI=1S/C64H88N8O13/c1-39(2)52(68-55(75)49(38-73)67-60(80)84-63(7,8)9)58(78)71-36-43(34-50(71)56(76)65-47-30-22-26-41-24-16-18-28-45(41)47)82-32-20-14-15-21-33-83-44-35-51(57(77)66-48-31-23-27-42-25-17-19-29-46(42)48)72(37-44)59(79)53(62(4,5)6)69-54(74)40(3)70(13)61(81)85-64(10,11)12/h16-19,24-25,28-29,40,43-44,47-53,73H,1,22-23,26-27,30-38H2,2-13H3,(H,65,76)(H,66,77)(H,67,80)(H,68,75)(H,69,74)/t40-,43-,44-,47?,48+,49-,50-,51-,52-,53+/m0/s1. The summed E-state index contributed by atoms with van der Waals surface area (Å²) in [7, 11) is 1.45. The van der Waals surface area contributed by atoms with E-state index in [1.54, 1.807) is 55.4 Å². The number of aliphatic hydroxyl groups excluding tert-OH is 1. The molecule has 0 radical (unpaired) electrons. The molecule has 2 aliphatic carbocycles. The normalized spacial score (nSPS) is 21.5. The number of ether oxygens (including phenoxy) is 4. The number of likely N-dealkylation sites (tertiary alicyclic amines) is 2. The van der Waals surface area contributed by atoms with Crippen LogP contribution in [0.4, 0.5) is 9.59 Å². The number of rotatable bonds is 18. The molecular weight excluding hydrogens is 1090 g/mol. The monoisotopic (exact) mass is 1180 g/mol. The molecule has 2 aromatic carbocycles. The van der Waals surface area contributed by atoms with Gasteiger partial charge in [0.05, 0.1) is 30.9 Å². The summed E-state index contributed by atoms with van der Waals surface area (Å²) in [6, 6.07) is 8.44. The van der Waals surface area contributed by atoms with Crippen molar-refractivity contribution in [2.75, 3.05) is 40.0 Å². The molecule has 6 rings (SSSR count). The number of aliphatic hydroxyl groups is 1. The fourth-order valence-electron chi connectivity index (χ4n) is 10.8. The minimum absolute atomic E-state index is 0.0248. The Hall–Kier alpha value is -7.46. The molecule has 2 fully saturated rings.